The summed E-state index contributed by atoms with van der Waals surface area (Å²) in [6.45, 7) is 6.17. The minimum atomic E-state index is -0.509. The van der Waals surface area contributed by atoms with Crippen LogP contribution < -0.4 is 10.2 Å². The van der Waals surface area contributed by atoms with Gasteiger partial charge in [0.15, 0.2) is 0 Å². The third-order valence-corrected chi connectivity index (χ3v) is 3.11. The van der Waals surface area contributed by atoms with Gasteiger partial charge in [-0.15, -0.1) is 0 Å². The molecule has 100 valence electrons. The quantitative estimate of drug-likeness (QED) is 0.826. The lowest BCUT2D eigenvalue weighted by Crippen LogP contribution is -2.44. The van der Waals surface area contributed by atoms with Crippen molar-refractivity contribution in [2.24, 2.45) is 0 Å². The van der Waals surface area contributed by atoms with Gasteiger partial charge >= 0.3 is 0 Å². The lowest BCUT2D eigenvalue weighted by atomic mass is 10.1. The van der Waals surface area contributed by atoms with Crippen LogP contribution in [0.25, 0.3) is 0 Å². The highest BCUT2D eigenvalue weighted by molar-refractivity contribution is 6.10. The predicted molar refractivity (Wildman–Crippen MR) is 75.2 cm³/mol. The minimum absolute atomic E-state index is 0.0872. The number of hydrogen-bond donors (Lipinski definition) is 1. The van der Waals surface area contributed by atoms with Crippen LogP contribution in [0.4, 0.5) is 5.69 Å². The van der Waals surface area contributed by atoms with E-state index >= 15 is 0 Å². The van der Waals surface area contributed by atoms with Crippen LogP contribution in [0.3, 0.4) is 0 Å². The number of hydrogen-bond acceptors (Lipinski definition) is 2. The topological polar surface area (TPSA) is 49.4 Å². The molecule has 0 aliphatic carbocycles. The molecule has 0 saturated heterocycles. The molecule has 4 heteroatoms. The highest BCUT2D eigenvalue weighted by Crippen LogP contribution is 2.24. The summed E-state index contributed by atoms with van der Waals surface area (Å²) in [5.74, 6) is -0.285. The van der Waals surface area contributed by atoms with E-state index in [0.29, 0.717) is 17.8 Å². The summed E-state index contributed by atoms with van der Waals surface area (Å²) in [4.78, 5) is 26.0. The first-order valence-electron chi connectivity index (χ1n) is 6.35. The van der Waals surface area contributed by atoms with E-state index in [1.807, 2.05) is 32.1 Å². The Bertz CT molecular complexity index is 545. The zero-order chi connectivity index (χ0) is 14.0. The third kappa shape index (κ3) is 2.67. The number of para-hydroxylation sites is 1. The molecule has 0 fully saturated rings. The fourth-order valence-electron chi connectivity index (χ4n) is 2.05. The minimum Gasteiger partial charge on any atom is -0.340 e. The molecule has 1 aliphatic heterocycles. The summed E-state index contributed by atoms with van der Waals surface area (Å²) in [7, 11) is 0. The van der Waals surface area contributed by atoms with E-state index in [9.17, 15) is 9.59 Å². The predicted octanol–water partition coefficient (Wildman–Crippen LogP) is 2.12. The molecule has 0 aromatic heterocycles. The summed E-state index contributed by atoms with van der Waals surface area (Å²) in [6, 6.07) is 6.68. The molecule has 1 aromatic carbocycles. The molecule has 2 rings (SSSR count). The van der Waals surface area contributed by atoms with Gasteiger partial charge in [0.1, 0.15) is 6.04 Å². The highest BCUT2D eigenvalue weighted by Gasteiger charge is 2.30. The van der Waals surface area contributed by atoms with Crippen molar-refractivity contribution >= 4 is 17.5 Å². The van der Waals surface area contributed by atoms with Crippen LogP contribution >= 0.6 is 0 Å². The van der Waals surface area contributed by atoms with Crippen LogP contribution in [0.1, 0.15) is 31.1 Å². The maximum absolute atomic E-state index is 12.3. The first-order valence-corrected chi connectivity index (χ1v) is 6.35. The summed E-state index contributed by atoms with van der Waals surface area (Å²) in [6.07, 6.45) is 1.98. The number of nitrogens with one attached hydrogen (secondary N) is 1. The number of anilines is 1. The van der Waals surface area contributed by atoms with Crippen molar-refractivity contribution in [2.45, 2.75) is 26.8 Å². The second-order valence-electron chi connectivity index (χ2n) is 4.94. The molecule has 1 aromatic rings. The molecule has 1 aliphatic rings. The monoisotopic (exact) mass is 258 g/mol. The van der Waals surface area contributed by atoms with Gasteiger partial charge in [0.2, 0.25) is 5.91 Å². The summed E-state index contributed by atoms with van der Waals surface area (Å²) >= 11 is 0. The normalized spacial score (nSPS) is 18.5. The van der Waals surface area contributed by atoms with Crippen LogP contribution in [0.2, 0.25) is 0 Å². The van der Waals surface area contributed by atoms with Crippen molar-refractivity contribution < 1.29 is 9.59 Å². The number of amides is 2. The Labute approximate surface area is 113 Å². The summed E-state index contributed by atoms with van der Waals surface area (Å²) < 4.78 is 0. The second kappa shape index (κ2) is 5.26. The molecule has 1 heterocycles. The molecule has 1 unspecified atom stereocenters. The van der Waals surface area contributed by atoms with Crippen LogP contribution in [-0.4, -0.2) is 24.4 Å². The fourth-order valence-corrected chi connectivity index (χ4v) is 2.05. The standard InChI is InChI=1S/C15H18N2O2/c1-10(2)8-9-17-13-7-5-4-6-12(13)14(18)16-11(3)15(17)19/h4-8,11H,9H2,1-3H3,(H,16,18). The van der Waals surface area contributed by atoms with Gasteiger partial charge in [0, 0.05) is 6.54 Å². The second-order valence-corrected chi connectivity index (χ2v) is 4.94. The molecular formula is C15H18N2O2. The van der Waals surface area contributed by atoms with E-state index in [4.69, 9.17) is 0 Å². The van der Waals surface area contributed by atoms with Crippen molar-refractivity contribution in [3.8, 4) is 0 Å². The van der Waals surface area contributed by atoms with Gasteiger partial charge in [0.05, 0.1) is 11.3 Å². The van der Waals surface area contributed by atoms with E-state index in [2.05, 4.69) is 5.32 Å². The smallest absolute Gasteiger partial charge is 0.254 e. The Morgan fingerprint density at radius 2 is 2.00 bits per heavy atom. The first-order chi connectivity index (χ1) is 9.00. The fraction of sp³-hybridized carbons (Fsp3) is 0.333. The van der Waals surface area contributed by atoms with E-state index in [-0.39, 0.29) is 11.8 Å². The Morgan fingerprint density at radius 1 is 1.32 bits per heavy atom. The molecule has 4 nitrogen and oxygen atoms in total. The van der Waals surface area contributed by atoms with Gasteiger partial charge in [-0.25, -0.2) is 0 Å². The summed E-state index contributed by atoms with van der Waals surface area (Å²) in [5.41, 5.74) is 2.36. The molecule has 0 spiro atoms. The van der Waals surface area contributed by atoms with Gasteiger partial charge in [-0.05, 0) is 32.9 Å². The van der Waals surface area contributed by atoms with Crippen molar-refractivity contribution in [2.75, 3.05) is 11.4 Å². The van der Waals surface area contributed by atoms with E-state index in [1.165, 1.54) is 0 Å². The zero-order valence-electron chi connectivity index (χ0n) is 11.4. The third-order valence-electron chi connectivity index (χ3n) is 3.11. The molecule has 2 amide bonds. The number of benzene rings is 1. The number of rotatable bonds is 2. The number of nitrogens with zero attached hydrogens (tertiary/aromatic N) is 1. The maximum atomic E-state index is 12.3. The average molecular weight is 258 g/mol. The highest BCUT2D eigenvalue weighted by atomic mass is 16.2. The lowest BCUT2D eigenvalue weighted by molar-refractivity contribution is -0.119. The number of fused-ring (bicyclic) bond motifs is 1. The zero-order valence-corrected chi connectivity index (χ0v) is 11.4. The van der Waals surface area contributed by atoms with Crippen molar-refractivity contribution in [3.63, 3.8) is 0 Å². The van der Waals surface area contributed by atoms with Gasteiger partial charge in [0.25, 0.3) is 5.91 Å². The van der Waals surface area contributed by atoms with Crippen molar-refractivity contribution in [1.29, 1.82) is 0 Å². The van der Waals surface area contributed by atoms with E-state index in [1.54, 1.807) is 24.0 Å². The average Bonchev–Trinajstić information content (AvgIpc) is 2.46. The lowest BCUT2D eigenvalue weighted by Gasteiger charge is -2.22. The number of carbonyl (C=O) groups is 2. The Hall–Kier alpha value is -2.10. The van der Waals surface area contributed by atoms with E-state index < -0.39 is 6.04 Å². The molecule has 1 N–H and O–H groups in total. The molecule has 0 radical (unpaired) electrons. The summed E-state index contributed by atoms with van der Waals surface area (Å²) in [5, 5.41) is 2.71. The maximum Gasteiger partial charge on any atom is 0.254 e. The SMILES string of the molecule is CC(C)=CCN1C(=O)C(C)NC(=O)c2ccccc21. The van der Waals surface area contributed by atoms with Crippen molar-refractivity contribution in [1.82, 2.24) is 5.32 Å². The van der Waals surface area contributed by atoms with Crippen LogP contribution in [0.15, 0.2) is 35.9 Å². The Kier molecular flexibility index (Phi) is 3.69. The molecule has 0 saturated carbocycles. The van der Waals surface area contributed by atoms with Gasteiger partial charge < -0.3 is 10.2 Å². The number of allylic oxidation sites excluding steroid dienone is 1. The first kappa shape index (κ1) is 13.3. The molecule has 1 atom stereocenters. The molecular weight excluding hydrogens is 240 g/mol. The van der Waals surface area contributed by atoms with E-state index in [0.717, 1.165) is 5.57 Å². The van der Waals surface area contributed by atoms with Gasteiger partial charge in [-0.1, -0.05) is 23.8 Å². The van der Waals surface area contributed by atoms with Crippen molar-refractivity contribution in [3.05, 3.63) is 41.5 Å². The van der Waals surface area contributed by atoms with Crippen LogP contribution in [0, 0.1) is 0 Å². The Balaban J connectivity index is 2.48. The van der Waals surface area contributed by atoms with Gasteiger partial charge in [-0.3, -0.25) is 9.59 Å². The molecule has 19 heavy (non-hydrogen) atoms. The largest absolute Gasteiger partial charge is 0.340 e. The van der Waals surface area contributed by atoms with Crippen LogP contribution in [0.5, 0.6) is 0 Å². The molecule has 0 bridgehead atoms. The van der Waals surface area contributed by atoms with Gasteiger partial charge in [-0.2, -0.15) is 0 Å². The number of carbonyl (C=O) groups excluding carboxylic acids is 2. The van der Waals surface area contributed by atoms with Crippen LogP contribution in [-0.2, 0) is 4.79 Å². The Morgan fingerprint density at radius 3 is 2.68 bits per heavy atom.